The van der Waals surface area contributed by atoms with E-state index in [2.05, 4.69) is 183 Å². The third-order valence-electron chi connectivity index (χ3n) is 8.27. The lowest BCUT2D eigenvalue weighted by Gasteiger charge is -2.34. The van der Waals surface area contributed by atoms with Gasteiger partial charge in [-0.05, 0) is 70.5 Å². The Morgan fingerprint density at radius 1 is 0.477 bits per heavy atom. The van der Waals surface area contributed by atoms with Gasteiger partial charge in [-0.15, -0.1) is 0 Å². The number of rotatable bonds is 2. The predicted molar refractivity (Wildman–Crippen MR) is 210 cm³/mol. The maximum absolute atomic E-state index is 4.18. The quantitative estimate of drug-likeness (QED) is 0.224. The third-order valence-corrected chi connectivity index (χ3v) is 8.27. The summed E-state index contributed by atoms with van der Waals surface area (Å²) >= 11 is 0. The van der Waals surface area contributed by atoms with Gasteiger partial charge in [0.05, 0.1) is 0 Å². The standard InChI is InChI=1S/C9H20.C8H19N3.3C8H18/c1-8(2,3)7-9(4,5)6;1-7(2)11(6)8(9-3)10(4)5;1-7(2)6-8(3,4)5;2*1-7(2,3)8(4,5)6/h7H2,1-6H3;7H,1-6H3;7H,6H2,1-5H3;2*1-6H3. The highest BCUT2D eigenvalue weighted by atomic mass is 15.3. The van der Waals surface area contributed by atoms with Gasteiger partial charge in [-0.1, -0.05) is 159 Å². The van der Waals surface area contributed by atoms with Crippen LogP contribution in [0.4, 0.5) is 0 Å². The molecule has 0 amide bonds. The molecule has 3 nitrogen and oxygen atoms in total. The van der Waals surface area contributed by atoms with E-state index < -0.39 is 0 Å². The molecule has 0 spiro atoms. The summed E-state index contributed by atoms with van der Waals surface area (Å²) in [7, 11) is 7.86. The minimum absolute atomic E-state index is 0.437. The van der Waals surface area contributed by atoms with Crippen LogP contribution in [0.25, 0.3) is 0 Å². The summed E-state index contributed by atoms with van der Waals surface area (Å²) < 4.78 is 0. The molecular formula is C41H93N3. The van der Waals surface area contributed by atoms with Gasteiger partial charge >= 0.3 is 0 Å². The van der Waals surface area contributed by atoms with Crippen molar-refractivity contribution in [2.75, 3.05) is 28.2 Å². The fraction of sp³-hybridized carbons (Fsp3) is 0.976. The fourth-order valence-electron chi connectivity index (χ4n) is 3.72. The molecular weight excluding hydrogens is 534 g/mol. The van der Waals surface area contributed by atoms with Crippen LogP contribution in [0.2, 0.25) is 0 Å². The van der Waals surface area contributed by atoms with E-state index in [0.29, 0.717) is 43.9 Å². The lowest BCUT2D eigenvalue weighted by Crippen LogP contribution is -2.41. The van der Waals surface area contributed by atoms with Gasteiger partial charge < -0.3 is 9.80 Å². The molecule has 0 bridgehead atoms. The smallest absolute Gasteiger partial charge is 0.195 e. The van der Waals surface area contributed by atoms with Crippen LogP contribution in [0.15, 0.2) is 4.99 Å². The first-order chi connectivity index (χ1) is 18.6. The van der Waals surface area contributed by atoms with Crippen molar-refractivity contribution in [3.63, 3.8) is 0 Å². The van der Waals surface area contributed by atoms with Crippen molar-refractivity contribution >= 4 is 5.96 Å². The second-order valence-electron chi connectivity index (χ2n) is 21.6. The van der Waals surface area contributed by atoms with Crippen molar-refractivity contribution in [2.45, 2.75) is 192 Å². The van der Waals surface area contributed by atoms with Crippen molar-refractivity contribution in [1.29, 1.82) is 0 Å². The zero-order chi connectivity index (χ0) is 37.5. The van der Waals surface area contributed by atoms with Crippen molar-refractivity contribution in [2.24, 2.45) is 48.8 Å². The molecule has 0 saturated heterocycles. The minimum Gasteiger partial charge on any atom is -0.349 e. The Morgan fingerprint density at radius 2 is 0.727 bits per heavy atom. The molecule has 0 aromatic heterocycles. The third kappa shape index (κ3) is 37.5. The zero-order valence-electron chi connectivity index (χ0n) is 36.9. The van der Waals surface area contributed by atoms with E-state index in [1.165, 1.54) is 12.8 Å². The highest BCUT2D eigenvalue weighted by Crippen LogP contribution is 2.37. The molecule has 0 heterocycles. The summed E-state index contributed by atoms with van der Waals surface area (Å²) in [5, 5.41) is 0. The number of hydrogen-bond acceptors (Lipinski definition) is 1. The Hall–Kier alpha value is -0.730. The van der Waals surface area contributed by atoms with Crippen LogP contribution >= 0.6 is 0 Å². The topological polar surface area (TPSA) is 18.8 Å². The summed E-state index contributed by atoms with van der Waals surface area (Å²) in [5.74, 6) is 1.86. The number of aliphatic imine (C=N–C) groups is 1. The first-order valence-electron chi connectivity index (χ1n) is 17.5. The number of hydrogen-bond donors (Lipinski definition) is 0. The summed E-state index contributed by atoms with van der Waals surface area (Å²) in [5.41, 5.74) is 3.24. The number of guanidine groups is 1. The Balaban J connectivity index is -0.000000145. The minimum atomic E-state index is 0.437. The molecule has 272 valence electrons. The number of nitrogens with zero attached hydrogens (tertiary/aromatic N) is 3. The molecule has 0 fully saturated rings. The molecule has 0 aliphatic rings. The molecule has 0 unspecified atom stereocenters. The molecule has 3 heteroatoms. The first kappa shape index (κ1) is 52.8. The molecule has 0 aliphatic carbocycles. The normalized spacial score (nSPS) is 13.4. The van der Waals surface area contributed by atoms with Gasteiger partial charge in [0.25, 0.3) is 0 Å². The maximum atomic E-state index is 4.18. The van der Waals surface area contributed by atoms with Gasteiger partial charge in [-0.3, -0.25) is 4.99 Å². The molecule has 0 saturated carbocycles. The van der Waals surface area contributed by atoms with Gasteiger partial charge in [0, 0.05) is 34.2 Å². The van der Waals surface area contributed by atoms with Crippen molar-refractivity contribution in [3.05, 3.63) is 0 Å². The largest absolute Gasteiger partial charge is 0.349 e. The van der Waals surface area contributed by atoms with Crippen molar-refractivity contribution in [3.8, 4) is 0 Å². The van der Waals surface area contributed by atoms with E-state index in [1.807, 2.05) is 33.1 Å². The summed E-state index contributed by atoms with van der Waals surface area (Å²) in [6.45, 7) is 56.7. The lowest BCUT2D eigenvalue weighted by atomic mass is 9.71. The molecule has 0 atom stereocenters. The van der Waals surface area contributed by atoms with Gasteiger partial charge in [0.15, 0.2) is 5.96 Å². The average molecular weight is 628 g/mol. The van der Waals surface area contributed by atoms with E-state index in [0.717, 1.165) is 11.9 Å². The average Bonchev–Trinajstić information content (AvgIpc) is 2.61. The predicted octanol–water partition coefficient (Wildman–Crippen LogP) is 13.6. The van der Waals surface area contributed by atoms with E-state index in [1.54, 1.807) is 0 Å². The van der Waals surface area contributed by atoms with Crippen LogP contribution in [0.3, 0.4) is 0 Å². The highest BCUT2D eigenvalue weighted by Gasteiger charge is 2.27. The van der Waals surface area contributed by atoms with Crippen LogP contribution < -0.4 is 0 Å². The Bertz CT molecular complexity index is 645. The Morgan fingerprint density at radius 3 is 0.750 bits per heavy atom. The highest BCUT2D eigenvalue weighted by molar-refractivity contribution is 5.79. The van der Waals surface area contributed by atoms with Gasteiger partial charge in [-0.2, -0.15) is 0 Å². The summed E-state index contributed by atoms with van der Waals surface area (Å²) in [6.07, 6.45) is 2.62. The molecule has 44 heavy (non-hydrogen) atoms. The second-order valence-corrected chi connectivity index (χ2v) is 21.6. The fourth-order valence-corrected chi connectivity index (χ4v) is 3.72. The molecule has 0 N–H and O–H groups in total. The van der Waals surface area contributed by atoms with E-state index >= 15 is 0 Å². The Labute approximate surface area is 284 Å². The van der Waals surface area contributed by atoms with Gasteiger partial charge in [0.1, 0.15) is 0 Å². The molecule has 0 aliphatic heterocycles. The first-order valence-corrected chi connectivity index (χ1v) is 17.5. The molecule has 0 aromatic rings. The van der Waals surface area contributed by atoms with E-state index in [4.69, 9.17) is 0 Å². The second kappa shape index (κ2) is 20.5. The van der Waals surface area contributed by atoms with Crippen molar-refractivity contribution in [1.82, 2.24) is 9.80 Å². The summed E-state index contributed by atoms with van der Waals surface area (Å²) in [4.78, 5) is 8.33. The van der Waals surface area contributed by atoms with E-state index in [9.17, 15) is 0 Å². The van der Waals surface area contributed by atoms with Crippen LogP contribution in [0.5, 0.6) is 0 Å². The SMILES string of the molecule is CC(C)(C)C(C)(C)C.CC(C)(C)C(C)(C)C.CC(C)(C)CC(C)(C)C.CC(C)CC(C)(C)C.CN=C(N(C)C)N(C)C(C)C. The zero-order valence-corrected chi connectivity index (χ0v) is 36.9. The maximum Gasteiger partial charge on any atom is 0.195 e. The summed E-state index contributed by atoms with van der Waals surface area (Å²) in [6, 6.07) is 0.496. The van der Waals surface area contributed by atoms with Crippen LogP contribution in [0, 0.1) is 43.8 Å². The monoisotopic (exact) mass is 628 g/mol. The van der Waals surface area contributed by atoms with Crippen LogP contribution in [0.1, 0.15) is 186 Å². The Kier molecular flexibility index (Phi) is 24.6. The van der Waals surface area contributed by atoms with Gasteiger partial charge in [0.2, 0.25) is 0 Å². The van der Waals surface area contributed by atoms with Crippen LogP contribution in [-0.2, 0) is 0 Å². The van der Waals surface area contributed by atoms with Crippen LogP contribution in [-0.4, -0.2) is 50.0 Å². The van der Waals surface area contributed by atoms with Crippen molar-refractivity contribution < 1.29 is 0 Å². The van der Waals surface area contributed by atoms with Gasteiger partial charge in [-0.25, -0.2) is 0 Å². The molecule has 0 rings (SSSR count). The molecule has 0 radical (unpaired) electrons. The van der Waals surface area contributed by atoms with E-state index in [-0.39, 0.29) is 0 Å². The molecule has 0 aromatic carbocycles. The lowest BCUT2D eigenvalue weighted by molar-refractivity contribution is 0.157.